The van der Waals surface area contributed by atoms with Crippen molar-refractivity contribution >= 4 is 5.78 Å². The lowest BCUT2D eigenvalue weighted by Gasteiger charge is -2.23. The minimum Gasteiger partial charge on any atom is -0.361 e. The molecule has 0 fully saturated rings. The van der Waals surface area contributed by atoms with Crippen LogP contribution in [0.3, 0.4) is 0 Å². The van der Waals surface area contributed by atoms with Crippen molar-refractivity contribution in [1.29, 1.82) is 0 Å². The molecule has 2 nitrogen and oxygen atoms in total. The highest BCUT2D eigenvalue weighted by molar-refractivity contribution is 5.98. The zero-order valence-corrected chi connectivity index (χ0v) is 9.74. The molecule has 0 radical (unpaired) electrons. The summed E-state index contributed by atoms with van der Waals surface area (Å²) in [5.41, 5.74) is 2.06. The Labute approximate surface area is 97.6 Å². The standard InChI is InChI=1S/C14H19NO/c1-4-7-12-8-9-13(16)14(12)15(10-5-2)11-6-3/h4-6H,1-3,7-11H2. The minimum atomic E-state index is 0.237. The molecule has 0 atom stereocenters. The van der Waals surface area contributed by atoms with Gasteiger partial charge in [-0.3, -0.25) is 4.79 Å². The van der Waals surface area contributed by atoms with Crippen LogP contribution in [0, 0.1) is 0 Å². The highest BCUT2D eigenvalue weighted by atomic mass is 16.1. The lowest BCUT2D eigenvalue weighted by atomic mass is 10.1. The second-order valence-electron chi connectivity index (χ2n) is 3.85. The second-order valence-corrected chi connectivity index (χ2v) is 3.85. The van der Waals surface area contributed by atoms with E-state index in [1.54, 1.807) is 0 Å². The summed E-state index contributed by atoms with van der Waals surface area (Å²) in [6.07, 6.45) is 7.77. The molecule has 0 amide bonds. The first kappa shape index (κ1) is 12.5. The fourth-order valence-electron chi connectivity index (χ4n) is 2.04. The van der Waals surface area contributed by atoms with E-state index in [0.29, 0.717) is 19.5 Å². The Bertz CT molecular complexity index is 329. The normalized spacial score (nSPS) is 15.1. The average Bonchev–Trinajstić information content (AvgIpc) is 2.60. The Hall–Kier alpha value is -1.57. The van der Waals surface area contributed by atoms with Crippen LogP contribution in [0.5, 0.6) is 0 Å². The molecule has 0 unspecified atom stereocenters. The number of rotatable bonds is 7. The van der Waals surface area contributed by atoms with Crippen LogP contribution in [0.4, 0.5) is 0 Å². The average molecular weight is 217 g/mol. The largest absolute Gasteiger partial charge is 0.361 e. The van der Waals surface area contributed by atoms with E-state index in [9.17, 15) is 4.79 Å². The van der Waals surface area contributed by atoms with E-state index in [-0.39, 0.29) is 5.78 Å². The molecule has 0 spiro atoms. The molecule has 1 rings (SSSR count). The molecule has 0 heterocycles. The molecule has 0 aliphatic heterocycles. The number of allylic oxidation sites excluding steroid dienone is 3. The molecule has 0 aromatic rings. The quantitative estimate of drug-likeness (QED) is 0.611. The van der Waals surface area contributed by atoms with Gasteiger partial charge in [-0.15, -0.1) is 19.7 Å². The van der Waals surface area contributed by atoms with E-state index in [2.05, 4.69) is 19.7 Å². The van der Waals surface area contributed by atoms with E-state index in [1.807, 2.05) is 23.1 Å². The summed E-state index contributed by atoms with van der Waals surface area (Å²) in [7, 11) is 0. The molecular weight excluding hydrogens is 198 g/mol. The zero-order chi connectivity index (χ0) is 12.0. The van der Waals surface area contributed by atoms with E-state index < -0.39 is 0 Å². The second kappa shape index (κ2) is 6.11. The van der Waals surface area contributed by atoms with Crippen LogP contribution >= 0.6 is 0 Å². The third kappa shape index (κ3) is 2.72. The van der Waals surface area contributed by atoms with Crippen molar-refractivity contribution in [2.24, 2.45) is 0 Å². The van der Waals surface area contributed by atoms with Crippen molar-refractivity contribution in [2.45, 2.75) is 19.3 Å². The van der Waals surface area contributed by atoms with E-state index >= 15 is 0 Å². The molecule has 2 heteroatoms. The maximum absolute atomic E-state index is 11.8. The first-order chi connectivity index (χ1) is 7.74. The predicted octanol–water partition coefficient (Wildman–Crippen LogP) is 2.85. The van der Waals surface area contributed by atoms with Crippen molar-refractivity contribution in [3.63, 3.8) is 0 Å². The van der Waals surface area contributed by atoms with Gasteiger partial charge >= 0.3 is 0 Å². The first-order valence-corrected chi connectivity index (χ1v) is 5.57. The van der Waals surface area contributed by atoms with Crippen LogP contribution in [0.15, 0.2) is 49.2 Å². The number of nitrogens with zero attached hydrogens (tertiary/aromatic N) is 1. The molecule has 0 aromatic heterocycles. The lowest BCUT2D eigenvalue weighted by molar-refractivity contribution is -0.116. The highest BCUT2D eigenvalue weighted by Gasteiger charge is 2.25. The smallest absolute Gasteiger partial charge is 0.179 e. The van der Waals surface area contributed by atoms with Gasteiger partial charge in [-0.25, -0.2) is 0 Å². The van der Waals surface area contributed by atoms with Crippen LogP contribution < -0.4 is 0 Å². The Kier molecular flexibility index (Phi) is 4.77. The number of Topliss-reactive ketones (excluding diaryl/α,β-unsaturated/α-hetero) is 1. The first-order valence-electron chi connectivity index (χ1n) is 5.57. The summed E-state index contributed by atoms with van der Waals surface area (Å²) in [6, 6.07) is 0. The van der Waals surface area contributed by atoms with Crippen LogP contribution in [0.2, 0.25) is 0 Å². The van der Waals surface area contributed by atoms with Crippen LogP contribution in [0.1, 0.15) is 19.3 Å². The van der Waals surface area contributed by atoms with E-state index in [4.69, 9.17) is 0 Å². The fraction of sp³-hybridized carbons (Fsp3) is 0.357. The molecule has 1 aliphatic rings. The molecule has 0 bridgehead atoms. The monoisotopic (exact) mass is 217 g/mol. The molecule has 0 aromatic carbocycles. The maximum Gasteiger partial charge on any atom is 0.179 e. The van der Waals surface area contributed by atoms with E-state index in [0.717, 1.165) is 18.5 Å². The Morgan fingerprint density at radius 2 is 1.69 bits per heavy atom. The highest BCUT2D eigenvalue weighted by Crippen LogP contribution is 2.28. The van der Waals surface area contributed by atoms with E-state index in [1.165, 1.54) is 5.57 Å². The van der Waals surface area contributed by atoms with Gasteiger partial charge in [0.2, 0.25) is 0 Å². The third-order valence-electron chi connectivity index (χ3n) is 2.66. The van der Waals surface area contributed by atoms with Gasteiger partial charge in [0, 0.05) is 19.5 Å². The minimum absolute atomic E-state index is 0.237. The number of carbonyl (C=O) groups excluding carboxylic acids is 1. The summed E-state index contributed by atoms with van der Waals surface area (Å²) in [5.74, 6) is 0.237. The molecule has 1 aliphatic carbocycles. The van der Waals surface area contributed by atoms with Crippen LogP contribution in [0.25, 0.3) is 0 Å². The van der Waals surface area contributed by atoms with Gasteiger partial charge in [0.15, 0.2) is 5.78 Å². The van der Waals surface area contributed by atoms with Crippen molar-refractivity contribution < 1.29 is 4.79 Å². The SMILES string of the molecule is C=CCC1=C(N(CC=C)CC=C)C(=O)CC1. The van der Waals surface area contributed by atoms with Crippen molar-refractivity contribution in [2.75, 3.05) is 13.1 Å². The number of hydrogen-bond donors (Lipinski definition) is 0. The number of ketones is 1. The van der Waals surface area contributed by atoms with Gasteiger partial charge in [-0.1, -0.05) is 18.2 Å². The zero-order valence-electron chi connectivity index (χ0n) is 9.74. The van der Waals surface area contributed by atoms with Gasteiger partial charge in [-0.05, 0) is 18.4 Å². The Balaban J connectivity index is 2.96. The van der Waals surface area contributed by atoms with Crippen molar-refractivity contribution in [3.05, 3.63) is 49.2 Å². The van der Waals surface area contributed by atoms with Gasteiger partial charge in [-0.2, -0.15) is 0 Å². The van der Waals surface area contributed by atoms with Gasteiger partial charge < -0.3 is 4.90 Å². The molecule has 86 valence electrons. The topological polar surface area (TPSA) is 20.3 Å². The van der Waals surface area contributed by atoms with Crippen molar-refractivity contribution in [3.8, 4) is 0 Å². The van der Waals surface area contributed by atoms with Crippen molar-refractivity contribution in [1.82, 2.24) is 4.90 Å². The fourth-order valence-corrected chi connectivity index (χ4v) is 2.04. The number of hydrogen-bond acceptors (Lipinski definition) is 2. The maximum atomic E-state index is 11.8. The van der Waals surface area contributed by atoms with Gasteiger partial charge in [0.1, 0.15) is 0 Å². The molecule has 0 saturated heterocycles. The Morgan fingerprint density at radius 3 is 2.19 bits per heavy atom. The summed E-state index contributed by atoms with van der Waals surface area (Å²) in [5, 5.41) is 0. The molecule has 16 heavy (non-hydrogen) atoms. The summed E-state index contributed by atoms with van der Waals surface area (Å²) in [6.45, 7) is 12.5. The molecule has 0 N–H and O–H groups in total. The lowest BCUT2D eigenvalue weighted by Crippen LogP contribution is -2.27. The number of carbonyl (C=O) groups is 1. The van der Waals surface area contributed by atoms with Crippen LogP contribution in [-0.2, 0) is 4.79 Å². The molecule has 0 saturated carbocycles. The predicted molar refractivity (Wildman–Crippen MR) is 68.0 cm³/mol. The van der Waals surface area contributed by atoms with Crippen LogP contribution in [-0.4, -0.2) is 23.8 Å². The third-order valence-corrected chi connectivity index (χ3v) is 2.66. The summed E-state index contributed by atoms with van der Waals surface area (Å²) < 4.78 is 0. The summed E-state index contributed by atoms with van der Waals surface area (Å²) >= 11 is 0. The molecular formula is C14H19NO. The Morgan fingerprint density at radius 1 is 1.06 bits per heavy atom. The van der Waals surface area contributed by atoms with Gasteiger partial charge in [0.05, 0.1) is 5.70 Å². The van der Waals surface area contributed by atoms with Gasteiger partial charge in [0.25, 0.3) is 0 Å². The summed E-state index contributed by atoms with van der Waals surface area (Å²) in [4.78, 5) is 13.9.